The quantitative estimate of drug-likeness (QED) is 0.419. The molecule has 2 aromatic carbocycles. The number of amides is 1. The lowest BCUT2D eigenvalue weighted by Crippen LogP contribution is -2.09. The Balaban J connectivity index is 1.77. The van der Waals surface area contributed by atoms with Gasteiger partial charge in [0.2, 0.25) is 5.88 Å². The van der Waals surface area contributed by atoms with Crippen LogP contribution in [0.25, 0.3) is 10.9 Å². The van der Waals surface area contributed by atoms with E-state index < -0.39 is 0 Å². The van der Waals surface area contributed by atoms with Crippen LogP contribution in [-0.2, 0) is 4.79 Å². The molecule has 0 fully saturated rings. The third kappa shape index (κ3) is 4.11. The van der Waals surface area contributed by atoms with Crippen molar-refractivity contribution in [3.63, 3.8) is 0 Å². The van der Waals surface area contributed by atoms with Crippen LogP contribution in [0.1, 0.15) is 12.5 Å². The summed E-state index contributed by atoms with van der Waals surface area (Å²) >= 11 is 4.81. The number of hydrogen-bond acceptors (Lipinski definition) is 4. The molecule has 0 aliphatic carbocycles. The summed E-state index contributed by atoms with van der Waals surface area (Å²) in [5.74, 6) is -0.460. The second-order valence-electron chi connectivity index (χ2n) is 5.62. The fourth-order valence-corrected chi connectivity index (χ4v) is 3.50. The van der Waals surface area contributed by atoms with Crippen LogP contribution in [0.5, 0.6) is 5.88 Å². The number of halogens is 1. The van der Waals surface area contributed by atoms with Gasteiger partial charge in [-0.1, -0.05) is 33.6 Å². The number of nitrogens with one attached hydrogen (secondary N) is 1. The molecule has 0 spiro atoms. The number of aryl methyl sites for hydroxylation is 1. The number of hydrogen-bond donors (Lipinski definition) is 2. The Morgan fingerprint density at radius 2 is 1.96 bits per heavy atom. The summed E-state index contributed by atoms with van der Waals surface area (Å²) in [6.45, 7) is 3.81. The zero-order valence-electron chi connectivity index (χ0n) is 13.7. The van der Waals surface area contributed by atoms with E-state index in [1.165, 1.54) is 17.3 Å². The molecule has 5 nitrogen and oxygen atoms in total. The van der Waals surface area contributed by atoms with E-state index in [1.54, 1.807) is 6.92 Å². The van der Waals surface area contributed by atoms with Gasteiger partial charge in [-0.15, -0.1) is 22.0 Å². The molecule has 3 aromatic rings. The van der Waals surface area contributed by atoms with Gasteiger partial charge in [-0.25, -0.2) is 0 Å². The fraction of sp³-hybridized carbons (Fsp3) is 0.167. The third-order valence-electron chi connectivity index (χ3n) is 3.64. The van der Waals surface area contributed by atoms with Crippen LogP contribution in [0.15, 0.2) is 62.1 Å². The lowest BCUT2D eigenvalue weighted by Gasteiger charge is -2.06. The Morgan fingerprint density at radius 3 is 2.68 bits per heavy atom. The number of aromatic nitrogens is 1. The number of aromatic amines is 1. The lowest BCUT2D eigenvalue weighted by atomic mass is 10.2. The van der Waals surface area contributed by atoms with Crippen molar-refractivity contribution in [2.24, 2.45) is 10.2 Å². The van der Waals surface area contributed by atoms with Crippen LogP contribution < -0.4 is 0 Å². The van der Waals surface area contributed by atoms with Crippen molar-refractivity contribution in [3.05, 3.63) is 52.5 Å². The van der Waals surface area contributed by atoms with E-state index in [1.807, 2.05) is 49.4 Å². The number of rotatable bonds is 4. The summed E-state index contributed by atoms with van der Waals surface area (Å²) in [4.78, 5) is 16.1. The number of thioether (sulfide) groups is 1. The fourth-order valence-electron chi connectivity index (χ4n) is 2.29. The summed E-state index contributed by atoms with van der Waals surface area (Å²) < 4.78 is 0.852. The Bertz CT molecular complexity index is 951. The average molecular weight is 418 g/mol. The van der Waals surface area contributed by atoms with E-state index >= 15 is 0 Å². The molecule has 0 aliphatic rings. The minimum absolute atomic E-state index is 0.108. The van der Waals surface area contributed by atoms with Crippen molar-refractivity contribution in [2.45, 2.75) is 24.0 Å². The highest BCUT2D eigenvalue weighted by Crippen LogP contribution is 2.37. The SMILES string of the molecule is Cc1ccc(S[C@@H](C)C(=O)N=Nc2c(O)[nH]c3ccc(Br)cc23)cc1. The zero-order valence-corrected chi connectivity index (χ0v) is 16.1. The molecule has 2 N–H and O–H groups in total. The van der Waals surface area contributed by atoms with Gasteiger partial charge in [-0.05, 0) is 44.2 Å². The Kier molecular flexibility index (Phi) is 5.24. The van der Waals surface area contributed by atoms with E-state index in [0.29, 0.717) is 5.39 Å². The van der Waals surface area contributed by atoms with Gasteiger partial charge in [0, 0.05) is 14.8 Å². The first-order chi connectivity index (χ1) is 11.9. The topological polar surface area (TPSA) is 77.8 Å². The molecule has 0 unspecified atom stereocenters. The third-order valence-corrected chi connectivity index (χ3v) is 5.24. The molecular formula is C18H16BrN3O2S. The first-order valence-corrected chi connectivity index (χ1v) is 9.30. The maximum absolute atomic E-state index is 12.2. The van der Waals surface area contributed by atoms with Crippen LogP contribution in [0.4, 0.5) is 5.69 Å². The lowest BCUT2D eigenvalue weighted by molar-refractivity contribution is -0.117. The van der Waals surface area contributed by atoms with Crippen molar-refractivity contribution in [1.82, 2.24) is 4.98 Å². The van der Waals surface area contributed by atoms with Crippen molar-refractivity contribution in [2.75, 3.05) is 0 Å². The van der Waals surface area contributed by atoms with Gasteiger partial charge >= 0.3 is 0 Å². The number of aromatic hydroxyl groups is 1. The van der Waals surface area contributed by atoms with Gasteiger partial charge in [0.05, 0.1) is 10.8 Å². The predicted octanol–water partition coefficient (Wildman–Crippen LogP) is 5.74. The average Bonchev–Trinajstić information content (AvgIpc) is 2.89. The second kappa shape index (κ2) is 7.41. The van der Waals surface area contributed by atoms with Crippen LogP contribution in [0.3, 0.4) is 0 Å². The molecule has 0 bridgehead atoms. The number of carbonyl (C=O) groups is 1. The summed E-state index contributed by atoms with van der Waals surface area (Å²) in [7, 11) is 0. The molecule has 0 saturated carbocycles. The molecular weight excluding hydrogens is 402 g/mol. The number of nitrogens with zero attached hydrogens (tertiary/aromatic N) is 2. The van der Waals surface area contributed by atoms with E-state index in [9.17, 15) is 9.90 Å². The highest BCUT2D eigenvalue weighted by Gasteiger charge is 2.16. The van der Waals surface area contributed by atoms with Crippen molar-refractivity contribution in [1.29, 1.82) is 0 Å². The Morgan fingerprint density at radius 1 is 1.24 bits per heavy atom. The van der Waals surface area contributed by atoms with E-state index in [2.05, 4.69) is 31.1 Å². The first-order valence-electron chi connectivity index (χ1n) is 7.63. The predicted molar refractivity (Wildman–Crippen MR) is 104 cm³/mol. The molecule has 1 atom stereocenters. The summed E-state index contributed by atoms with van der Waals surface area (Å²) in [6.07, 6.45) is 0. The molecule has 0 saturated heterocycles. The summed E-state index contributed by atoms with van der Waals surface area (Å²) in [5.41, 5.74) is 2.16. The summed E-state index contributed by atoms with van der Waals surface area (Å²) in [6, 6.07) is 13.4. The largest absolute Gasteiger partial charge is 0.493 e. The van der Waals surface area contributed by atoms with Gasteiger partial charge in [-0.3, -0.25) is 4.79 Å². The first kappa shape index (κ1) is 17.7. The van der Waals surface area contributed by atoms with Gasteiger partial charge in [0.25, 0.3) is 5.91 Å². The highest BCUT2D eigenvalue weighted by molar-refractivity contribution is 9.10. The Hall–Kier alpha value is -2.12. The number of H-pyrrole nitrogens is 1. The monoisotopic (exact) mass is 417 g/mol. The normalized spacial score (nSPS) is 12.8. The van der Waals surface area contributed by atoms with Crippen LogP contribution in [-0.4, -0.2) is 21.2 Å². The molecule has 7 heteroatoms. The molecule has 128 valence electrons. The maximum Gasteiger partial charge on any atom is 0.277 e. The molecule has 1 heterocycles. The van der Waals surface area contributed by atoms with Crippen LogP contribution >= 0.6 is 27.7 Å². The van der Waals surface area contributed by atoms with E-state index in [0.717, 1.165) is 14.9 Å². The van der Waals surface area contributed by atoms with Gasteiger partial charge in [0.1, 0.15) is 0 Å². The molecule has 0 radical (unpaired) electrons. The molecule has 0 aliphatic heterocycles. The number of benzene rings is 2. The highest BCUT2D eigenvalue weighted by atomic mass is 79.9. The van der Waals surface area contributed by atoms with Gasteiger partial charge in [0.15, 0.2) is 5.69 Å². The number of fused-ring (bicyclic) bond motifs is 1. The van der Waals surface area contributed by atoms with Gasteiger partial charge in [-0.2, -0.15) is 0 Å². The van der Waals surface area contributed by atoms with E-state index in [4.69, 9.17) is 0 Å². The van der Waals surface area contributed by atoms with Gasteiger partial charge < -0.3 is 10.1 Å². The number of azo groups is 1. The molecule has 1 aromatic heterocycles. The van der Waals surface area contributed by atoms with Crippen molar-refractivity contribution < 1.29 is 9.90 Å². The zero-order chi connectivity index (χ0) is 18.0. The molecule has 3 rings (SSSR count). The maximum atomic E-state index is 12.2. The van der Waals surface area contributed by atoms with Crippen LogP contribution in [0, 0.1) is 6.92 Å². The minimum atomic E-state index is -0.370. The van der Waals surface area contributed by atoms with Crippen LogP contribution in [0.2, 0.25) is 0 Å². The smallest absolute Gasteiger partial charge is 0.277 e. The molecule has 1 amide bonds. The van der Waals surface area contributed by atoms with E-state index in [-0.39, 0.29) is 22.7 Å². The molecule has 25 heavy (non-hydrogen) atoms. The second-order valence-corrected chi connectivity index (χ2v) is 7.95. The van der Waals surface area contributed by atoms with Crippen molar-refractivity contribution in [3.8, 4) is 5.88 Å². The number of carbonyl (C=O) groups excluding carboxylic acids is 1. The minimum Gasteiger partial charge on any atom is -0.493 e. The standard InChI is InChI=1S/C18H16BrN3O2S/c1-10-3-6-13(7-4-10)25-11(2)17(23)22-21-16-14-9-12(19)5-8-15(14)20-18(16)24/h3-9,11,20,24H,1-2H3/t11-/m0/s1. The summed E-state index contributed by atoms with van der Waals surface area (Å²) in [5, 5.41) is 18.1. The van der Waals surface area contributed by atoms with Crippen molar-refractivity contribution >= 4 is 50.2 Å². The Labute approximate surface area is 157 Å².